The fourth-order valence-corrected chi connectivity index (χ4v) is 3.66. The number of piperazine rings is 1. The van der Waals surface area contributed by atoms with Crippen molar-refractivity contribution in [3.05, 3.63) is 18.3 Å². The zero-order valence-corrected chi connectivity index (χ0v) is 18.0. The van der Waals surface area contributed by atoms with Crippen LogP contribution in [0.1, 0.15) is 48.5 Å². The van der Waals surface area contributed by atoms with Crippen LogP contribution >= 0.6 is 0 Å². The molecule has 3 heterocycles. The molecule has 28 heavy (non-hydrogen) atoms. The molecule has 0 radical (unpaired) electrons. The molecule has 1 N–H and O–H groups in total. The number of carboxylic acid groups (broad SMARTS) is 1. The minimum atomic E-state index is -0.858. The average Bonchev–Trinajstić information content (AvgIpc) is 2.81. The SMILES string of the molecule is CC(C)(C)C1CN(c2ccc(B3OC(C)(C)C(C)(C)O3)cn2)CCN1C(=O)O. The van der Waals surface area contributed by atoms with Gasteiger partial charge in [0.05, 0.1) is 17.2 Å². The standard InChI is InChI=1S/C20H32BN3O4/c1-18(2,3)15-13-23(10-11-24(15)17(25)26)16-9-8-14(12-22-16)21-27-19(4,5)20(6,7)28-21/h8-9,12,15H,10-11,13H2,1-7H3,(H,25,26). The van der Waals surface area contributed by atoms with E-state index in [1.165, 1.54) is 0 Å². The predicted octanol–water partition coefficient (Wildman–Crippen LogP) is 2.60. The Morgan fingerprint density at radius 3 is 2.25 bits per heavy atom. The molecule has 0 saturated carbocycles. The Morgan fingerprint density at radius 1 is 1.18 bits per heavy atom. The normalized spacial score (nSPS) is 24.5. The second-order valence-corrected chi connectivity index (χ2v) is 9.84. The van der Waals surface area contributed by atoms with Crippen molar-refractivity contribution in [1.29, 1.82) is 0 Å². The molecule has 2 saturated heterocycles. The molecular formula is C20H32BN3O4. The Kier molecular flexibility index (Phi) is 5.17. The summed E-state index contributed by atoms with van der Waals surface area (Å²) in [7, 11) is -0.433. The molecule has 1 atom stereocenters. The van der Waals surface area contributed by atoms with E-state index in [4.69, 9.17) is 9.31 Å². The summed E-state index contributed by atoms with van der Waals surface area (Å²) < 4.78 is 12.2. The number of carbonyl (C=O) groups is 1. The predicted molar refractivity (Wildman–Crippen MR) is 110 cm³/mol. The van der Waals surface area contributed by atoms with E-state index in [1.54, 1.807) is 11.1 Å². The maximum absolute atomic E-state index is 11.6. The van der Waals surface area contributed by atoms with Crippen LogP contribution in [0.25, 0.3) is 0 Å². The van der Waals surface area contributed by atoms with Gasteiger partial charge in [0.1, 0.15) is 5.82 Å². The van der Waals surface area contributed by atoms with Crippen molar-refractivity contribution in [1.82, 2.24) is 9.88 Å². The van der Waals surface area contributed by atoms with Crippen LogP contribution in [-0.2, 0) is 9.31 Å². The third kappa shape index (κ3) is 3.85. The van der Waals surface area contributed by atoms with Crippen molar-refractivity contribution < 1.29 is 19.2 Å². The van der Waals surface area contributed by atoms with E-state index in [1.807, 2.05) is 39.8 Å². The Morgan fingerprint density at radius 2 is 1.79 bits per heavy atom. The molecule has 1 aromatic rings. The van der Waals surface area contributed by atoms with Gasteiger partial charge in [0, 0.05) is 31.3 Å². The first-order chi connectivity index (χ1) is 12.8. The molecule has 0 bridgehead atoms. The fourth-order valence-electron chi connectivity index (χ4n) is 3.66. The molecule has 0 aliphatic carbocycles. The van der Waals surface area contributed by atoms with Gasteiger partial charge in [-0.25, -0.2) is 9.78 Å². The number of anilines is 1. The summed E-state index contributed by atoms with van der Waals surface area (Å²) in [4.78, 5) is 20.0. The van der Waals surface area contributed by atoms with Crippen molar-refractivity contribution in [2.45, 2.75) is 65.7 Å². The lowest BCUT2D eigenvalue weighted by Crippen LogP contribution is -2.59. The molecule has 1 aromatic heterocycles. The molecule has 2 aliphatic rings. The first kappa shape index (κ1) is 20.9. The highest BCUT2D eigenvalue weighted by atomic mass is 16.7. The molecular weight excluding hydrogens is 357 g/mol. The van der Waals surface area contributed by atoms with Gasteiger partial charge in [-0.1, -0.05) is 26.8 Å². The number of rotatable bonds is 2. The van der Waals surface area contributed by atoms with Crippen molar-refractivity contribution in [2.75, 3.05) is 24.5 Å². The third-order valence-electron chi connectivity index (χ3n) is 6.25. The van der Waals surface area contributed by atoms with Crippen molar-refractivity contribution in [3.63, 3.8) is 0 Å². The van der Waals surface area contributed by atoms with Gasteiger partial charge >= 0.3 is 13.2 Å². The van der Waals surface area contributed by atoms with Gasteiger partial charge in [0.25, 0.3) is 0 Å². The Hall–Kier alpha value is -1.80. The minimum Gasteiger partial charge on any atom is -0.465 e. The Labute approximate surface area is 168 Å². The van der Waals surface area contributed by atoms with Gasteiger partial charge in [-0.3, -0.25) is 0 Å². The van der Waals surface area contributed by atoms with Crippen LogP contribution in [0.4, 0.5) is 10.6 Å². The molecule has 3 rings (SSSR count). The van der Waals surface area contributed by atoms with Crippen molar-refractivity contribution in [3.8, 4) is 0 Å². The maximum Gasteiger partial charge on any atom is 0.496 e. The monoisotopic (exact) mass is 389 g/mol. The summed E-state index contributed by atoms with van der Waals surface area (Å²) >= 11 is 0. The highest BCUT2D eigenvalue weighted by Crippen LogP contribution is 2.36. The quantitative estimate of drug-likeness (QED) is 0.784. The lowest BCUT2D eigenvalue weighted by molar-refractivity contribution is 0.00578. The minimum absolute atomic E-state index is 0.0941. The summed E-state index contributed by atoms with van der Waals surface area (Å²) in [5.74, 6) is 0.847. The summed E-state index contributed by atoms with van der Waals surface area (Å²) in [6.07, 6.45) is 0.941. The molecule has 0 spiro atoms. The van der Waals surface area contributed by atoms with Gasteiger partial charge in [0.15, 0.2) is 0 Å². The number of pyridine rings is 1. The van der Waals surface area contributed by atoms with E-state index in [2.05, 4.69) is 30.7 Å². The second kappa shape index (κ2) is 6.92. The van der Waals surface area contributed by atoms with Crippen LogP contribution in [-0.4, -0.2) is 65.1 Å². The molecule has 154 valence electrons. The van der Waals surface area contributed by atoms with E-state index >= 15 is 0 Å². The smallest absolute Gasteiger partial charge is 0.465 e. The molecule has 0 aromatic carbocycles. The van der Waals surface area contributed by atoms with Gasteiger partial charge in [0.2, 0.25) is 0 Å². The van der Waals surface area contributed by atoms with Crippen molar-refractivity contribution >= 4 is 24.5 Å². The van der Waals surface area contributed by atoms with Crippen LogP contribution in [0, 0.1) is 5.41 Å². The summed E-state index contributed by atoms with van der Waals surface area (Å²) in [6, 6.07) is 3.86. The number of amides is 1. The number of nitrogens with zero attached hydrogens (tertiary/aromatic N) is 3. The number of hydrogen-bond acceptors (Lipinski definition) is 5. The molecule has 7 nitrogen and oxygen atoms in total. The molecule has 1 amide bonds. The zero-order chi connectivity index (χ0) is 20.9. The van der Waals surface area contributed by atoms with E-state index in [0.717, 1.165) is 11.3 Å². The van der Waals surface area contributed by atoms with Gasteiger partial charge < -0.3 is 24.2 Å². The Balaban J connectivity index is 1.75. The summed E-state index contributed by atoms with van der Waals surface area (Å²) in [5, 5.41) is 9.54. The zero-order valence-electron chi connectivity index (χ0n) is 18.0. The van der Waals surface area contributed by atoms with Gasteiger partial charge in [-0.05, 0) is 39.2 Å². The van der Waals surface area contributed by atoms with E-state index in [0.29, 0.717) is 19.6 Å². The lowest BCUT2D eigenvalue weighted by Gasteiger charge is -2.46. The summed E-state index contributed by atoms with van der Waals surface area (Å²) in [5.41, 5.74) is -0.0361. The highest BCUT2D eigenvalue weighted by Gasteiger charge is 2.51. The summed E-state index contributed by atoms with van der Waals surface area (Å²) in [6.45, 7) is 16.1. The molecule has 2 fully saturated rings. The number of aromatic nitrogens is 1. The molecule has 8 heteroatoms. The topological polar surface area (TPSA) is 75.1 Å². The highest BCUT2D eigenvalue weighted by molar-refractivity contribution is 6.62. The molecule has 2 aliphatic heterocycles. The Bertz CT molecular complexity index is 714. The second-order valence-electron chi connectivity index (χ2n) is 9.84. The first-order valence-electron chi connectivity index (χ1n) is 9.88. The van der Waals surface area contributed by atoms with Crippen LogP contribution in [0.3, 0.4) is 0 Å². The average molecular weight is 389 g/mol. The first-order valence-corrected chi connectivity index (χ1v) is 9.88. The fraction of sp³-hybridized carbons (Fsp3) is 0.700. The van der Waals surface area contributed by atoms with E-state index < -0.39 is 13.2 Å². The van der Waals surface area contributed by atoms with Gasteiger partial charge in [-0.2, -0.15) is 0 Å². The van der Waals surface area contributed by atoms with Crippen LogP contribution in [0.2, 0.25) is 0 Å². The van der Waals surface area contributed by atoms with Crippen LogP contribution in [0.15, 0.2) is 18.3 Å². The third-order valence-corrected chi connectivity index (χ3v) is 6.25. The van der Waals surface area contributed by atoms with Gasteiger partial charge in [-0.15, -0.1) is 0 Å². The van der Waals surface area contributed by atoms with E-state index in [9.17, 15) is 9.90 Å². The van der Waals surface area contributed by atoms with Crippen LogP contribution < -0.4 is 10.4 Å². The largest absolute Gasteiger partial charge is 0.496 e. The van der Waals surface area contributed by atoms with Crippen molar-refractivity contribution in [2.24, 2.45) is 5.41 Å². The number of hydrogen-bond donors (Lipinski definition) is 1. The molecule has 1 unspecified atom stereocenters. The van der Waals surface area contributed by atoms with E-state index in [-0.39, 0.29) is 22.7 Å². The van der Waals surface area contributed by atoms with Crippen LogP contribution in [0.5, 0.6) is 0 Å². The maximum atomic E-state index is 11.6. The lowest BCUT2D eigenvalue weighted by atomic mass is 9.80.